The average Bonchev–Trinajstić information content (AvgIpc) is 2.46. The lowest BCUT2D eigenvalue weighted by atomic mass is 9.70. The van der Waals surface area contributed by atoms with Crippen LogP contribution in [0.15, 0.2) is 23.1 Å². The van der Waals surface area contributed by atoms with Gasteiger partial charge in [0, 0.05) is 18.1 Å². The van der Waals surface area contributed by atoms with Gasteiger partial charge in [-0.1, -0.05) is 11.6 Å². The van der Waals surface area contributed by atoms with Crippen LogP contribution in [-0.4, -0.2) is 47.6 Å². The fourth-order valence-electron chi connectivity index (χ4n) is 2.75. The molecule has 9 heteroatoms. The van der Waals surface area contributed by atoms with E-state index in [1.807, 2.05) is 0 Å². The molecule has 1 aliphatic heterocycles. The number of piperidine rings is 1. The third kappa shape index (κ3) is 3.28. The van der Waals surface area contributed by atoms with Crippen molar-refractivity contribution in [1.29, 1.82) is 0 Å². The predicted molar refractivity (Wildman–Crippen MR) is 85.8 cm³/mol. The number of sulfonamides is 1. The van der Waals surface area contributed by atoms with Gasteiger partial charge in [-0.15, -0.1) is 0 Å². The van der Waals surface area contributed by atoms with Gasteiger partial charge in [-0.25, -0.2) is 12.8 Å². The molecule has 0 saturated carbocycles. The van der Waals surface area contributed by atoms with Gasteiger partial charge in [0.25, 0.3) is 0 Å². The van der Waals surface area contributed by atoms with E-state index in [0.29, 0.717) is 0 Å². The molecule has 1 aromatic rings. The van der Waals surface area contributed by atoms with E-state index in [4.69, 9.17) is 11.6 Å². The summed E-state index contributed by atoms with van der Waals surface area (Å²) in [4.78, 5) is 11.1. The van der Waals surface area contributed by atoms with Crippen molar-refractivity contribution in [2.75, 3.05) is 13.1 Å². The number of aliphatic carboxylic acids is 1. The number of hydrogen-bond acceptors (Lipinski definition) is 4. The van der Waals surface area contributed by atoms with E-state index in [0.717, 1.165) is 22.5 Å². The van der Waals surface area contributed by atoms with E-state index in [9.17, 15) is 27.8 Å². The molecule has 1 saturated heterocycles. The molecular formula is C15H19ClFNO5S. The maximum Gasteiger partial charge on any atom is 0.312 e. The fraction of sp³-hybridized carbons (Fsp3) is 0.533. The summed E-state index contributed by atoms with van der Waals surface area (Å²) in [5.41, 5.74) is -2.94. The lowest BCUT2D eigenvalue weighted by molar-refractivity contribution is -0.169. The van der Waals surface area contributed by atoms with Gasteiger partial charge in [-0.2, -0.15) is 4.31 Å². The standard InChI is InChI=1S/C15H19ClFNO5S/c1-14(2,13(19)20)15(21)3-5-18(6-4-15)24(22,23)12-8-10(16)7-11(17)9-12/h7-9,21H,3-6H2,1-2H3,(H,19,20). The maximum atomic E-state index is 13.4. The number of aliphatic hydroxyl groups is 1. The average molecular weight is 380 g/mol. The highest BCUT2D eigenvalue weighted by molar-refractivity contribution is 7.89. The molecule has 1 heterocycles. The molecular weight excluding hydrogens is 361 g/mol. The van der Waals surface area contributed by atoms with Crippen LogP contribution in [0.2, 0.25) is 5.02 Å². The summed E-state index contributed by atoms with van der Waals surface area (Å²) in [6.07, 6.45) is -0.0663. The molecule has 0 unspecified atom stereocenters. The summed E-state index contributed by atoms with van der Waals surface area (Å²) in [7, 11) is -3.97. The summed E-state index contributed by atoms with van der Waals surface area (Å²) in [6, 6.07) is 3.04. The highest BCUT2D eigenvalue weighted by Crippen LogP contribution is 2.40. The Bertz CT molecular complexity index is 737. The first-order chi connectivity index (χ1) is 10.9. The molecule has 134 valence electrons. The van der Waals surface area contributed by atoms with Crippen LogP contribution in [0, 0.1) is 11.2 Å². The van der Waals surface area contributed by atoms with Crippen molar-refractivity contribution in [2.45, 2.75) is 37.2 Å². The summed E-state index contributed by atoms with van der Waals surface area (Å²) >= 11 is 5.71. The first kappa shape index (κ1) is 19.1. The minimum absolute atomic E-state index is 0.0332. The van der Waals surface area contributed by atoms with Gasteiger partial charge in [0.1, 0.15) is 5.82 Å². The van der Waals surface area contributed by atoms with E-state index >= 15 is 0 Å². The van der Waals surface area contributed by atoms with Crippen LogP contribution >= 0.6 is 11.6 Å². The van der Waals surface area contributed by atoms with E-state index in [1.165, 1.54) is 13.8 Å². The van der Waals surface area contributed by atoms with Crippen molar-refractivity contribution < 1.29 is 27.8 Å². The number of carboxylic acid groups (broad SMARTS) is 1. The molecule has 1 aromatic carbocycles. The van der Waals surface area contributed by atoms with Crippen LogP contribution in [0.5, 0.6) is 0 Å². The topological polar surface area (TPSA) is 94.9 Å². The first-order valence-electron chi connectivity index (χ1n) is 7.32. The number of rotatable bonds is 4. The number of hydrogen-bond donors (Lipinski definition) is 2. The zero-order valence-electron chi connectivity index (χ0n) is 13.3. The zero-order valence-corrected chi connectivity index (χ0v) is 14.9. The Morgan fingerprint density at radius 2 is 1.83 bits per heavy atom. The Kier molecular flexibility index (Phi) is 4.98. The lowest BCUT2D eigenvalue weighted by Crippen LogP contribution is -2.56. The summed E-state index contributed by atoms with van der Waals surface area (Å²) in [5.74, 6) is -1.92. The molecule has 2 N–H and O–H groups in total. The maximum absolute atomic E-state index is 13.4. The van der Waals surface area contributed by atoms with Crippen LogP contribution < -0.4 is 0 Å². The summed E-state index contributed by atoms with van der Waals surface area (Å²) in [6.45, 7) is 2.69. The Morgan fingerprint density at radius 1 is 1.29 bits per heavy atom. The second-order valence-corrected chi connectivity index (χ2v) is 8.85. The van der Waals surface area contributed by atoms with Gasteiger partial charge in [-0.3, -0.25) is 4.79 Å². The molecule has 0 radical (unpaired) electrons. The van der Waals surface area contributed by atoms with Gasteiger partial charge in [0.2, 0.25) is 10.0 Å². The molecule has 1 fully saturated rings. The number of benzene rings is 1. The number of carbonyl (C=O) groups is 1. The summed E-state index contributed by atoms with van der Waals surface area (Å²) < 4.78 is 39.7. The van der Waals surface area contributed by atoms with E-state index < -0.39 is 32.8 Å². The molecule has 0 aromatic heterocycles. The monoisotopic (exact) mass is 379 g/mol. The number of carboxylic acids is 1. The quantitative estimate of drug-likeness (QED) is 0.835. The Hall–Kier alpha value is -1.22. The highest BCUT2D eigenvalue weighted by Gasteiger charge is 2.51. The van der Waals surface area contributed by atoms with Crippen LogP contribution in [0.3, 0.4) is 0 Å². The minimum atomic E-state index is -3.97. The molecule has 0 amide bonds. The Labute approximate surface area is 144 Å². The zero-order chi connectivity index (χ0) is 18.3. The molecule has 6 nitrogen and oxygen atoms in total. The van der Waals surface area contributed by atoms with Crippen molar-refractivity contribution in [3.63, 3.8) is 0 Å². The molecule has 1 aliphatic rings. The fourth-order valence-corrected chi connectivity index (χ4v) is 4.53. The van der Waals surface area contributed by atoms with Crippen LogP contribution in [0.25, 0.3) is 0 Å². The third-order valence-corrected chi connectivity index (χ3v) is 6.82. The minimum Gasteiger partial charge on any atom is -0.481 e. The Morgan fingerprint density at radius 3 is 2.29 bits per heavy atom. The van der Waals surface area contributed by atoms with E-state index in [2.05, 4.69) is 0 Å². The van der Waals surface area contributed by atoms with Crippen molar-refractivity contribution in [2.24, 2.45) is 5.41 Å². The second kappa shape index (κ2) is 6.25. The van der Waals surface area contributed by atoms with Gasteiger partial charge < -0.3 is 10.2 Å². The molecule has 0 spiro atoms. The van der Waals surface area contributed by atoms with Gasteiger partial charge in [0.15, 0.2) is 0 Å². The normalized spacial score (nSPS) is 19.2. The smallest absolute Gasteiger partial charge is 0.312 e. The predicted octanol–water partition coefficient (Wildman–Crippen LogP) is 2.11. The van der Waals surface area contributed by atoms with Gasteiger partial charge >= 0.3 is 5.97 Å². The molecule has 24 heavy (non-hydrogen) atoms. The second-order valence-electron chi connectivity index (χ2n) is 6.47. The summed E-state index contributed by atoms with van der Waals surface area (Å²) in [5, 5.41) is 19.9. The van der Waals surface area contributed by atoms with Gasteiger partial charge in [-0.05, 0) is 44.9 Å². The van der Waals surface area contributed by atoms with Crippen LogP contribution in [0.1, 0.15) is 26.7 Å². The van der Waals surface area contributed by atoms with Crippen molar-refractivity contribution in [1.82, 2.24) is 4.31 Å². The lowest BCUT2D eigenvalue weighted by Gasteiger charge is -2.44. The van der Waals surface area contributed by atoms with Crippen LogP contribution in [-0.2, 0) is 14.8 Å². The van der Waals surface area contributed by atoms with E-state index in [-0.39, 0.29) is 35.8 Å². The van der Waals surface area contributed by atoms with Gasteiger partial charge in [0.05, 0.1) is 15.9 Å². The first-order valence-corrected chi connectivity index (χ1v) is 9.14. The molecule has 0 atom stereocenters. The van der Waals surface area contributed by atoms with Crippen molar-refractivity contribution in [3.8, 4) is 0 Å². The molecule has 0 aliphatic carbocycles. The number of halogens is 2. The largest absolute Gasteiger partial charge is 0.481 e. The van der Waals surface area contributed by atoms with E-state index in [1.54, 1.807) is 0 Å². The SMILES string of the molecule is CC(C)(C(=O)O)C1(O)CCN(S(=O)(=O)c2cc(F)cc(Cl)c2)CC1. The highest BCUT2D eigenvalue weighted by atomic mass is 35.5. The third-order valence-electron chi connectivity index (χ3n) is 4.72. The van der Waals surface area contributed by atoms with Crippen molar-refractivity contribution in [3.05, 3.63) is 29.0 Å². The Balaban J connectivity index is 2.24. The number of nitrogens with zero attached hydrogens (tertiary/aromatic N) is 1. The molecule has 0 bridgehead atoms. The van der Waals surface area contributed by atoms with Crippen LogP contribution in [0.4, 0.5) is 4.39 Å². The van der Waals surface area contributed by atoms with Crippen molar-refractivity contribution >= 4 is 27.6 Å². The molecule has 2 rings (SSSR count).